The number of primary amides is 1. The van der Waals surface area contributed by atoms with E-state index in [1.54, 1.807) is 20.0 Å². The number of nitrogens with one attached hydrogen (secondary N) is 1. The molecule has 0 saturated carbocycles. The lowest BCUT2D eigenvalue weighted by atomic mass is 10.1. The molecule has 1 aromatic rings. The average molecular weight is 239 g/mol. The molecule has 96 valence electrons. The number of aromatic nitrogens is 2. The first-order chi connectivity index (χ1) is 7.75. The number of hydrogen-bond donors (Lipinski definition) is 2. The van der Waals surface area contributed by atoms with Gasteiger partial charge in [-0.25, -0.2) is 4.98 Å². The summed E-state index contributed by atoms with van der Waals surface area (Å²) in [6.45, 7) is 4.07. The van der Waals surface area contributed by atoms with Gasteiger partial charge in [0.25, 0.3) is 0 Å². The minimum absolute atomic E-state index is 0.368. The molecule has 0 spiro atoms. The van der Waals surface area contributed by atoms with Crippen LogP contribution in [0.3, 0.4) is 0 Å². The van der Waals surface area contributed by atoms with Gasteiger partial charge in [-0.1, -0.05) is 0 Å². The molecule has 6 nitrogen and oxygen atoms in total. The molecule has 0 aliphatic heterocycles. The number of nitrogens with zero attached hydrogens (tertiary/aromatic N) is 3. The number of carbonyl (C=O) groups is 1. The summed E-state index contributed by atoms with van der Waals surface area (Å²) in [7, 11) is 5.82. The third-order valence-electron chi connectivity index (χ3n) is 2.79. The van der Waals surface area contributed by atoms with E-state index in [-0.39, 0.29) is 5.91 Å². The van der Waals surface area contributed by atoms with Crippen molar-refractivity contribution in [2.45, 2.75) is 25.9 Å². The highest BCUT2D eigenvalue weighted by Crippen LogP contribution is 2.12. The summed E-state index contributed by atoms with van der Waals surface area (Å²) in [5.74, 6) is 0.506. The van der Waals surface area contributed by atoms with Gasteiger partial charge in [-0.15, -0.1) is 0 Å². The van der Waals surface area contributed by atoms with Crippen LogP contribution >= 0.6 is 0 Å². The normalized spacial score (nSPS) is 11.6. The Hall–Kier alpha value is -1.56. The van der Waals surface area contributed by atoms with Crippen molar-refractivity contribution in [2.24, 2.45) is 12.8 Å². The van der Waals surface area contributed by atoms with Crippen LogP contribution in [0.2, 0.25) is 0 Å². The fraction of sp³-hybridized carbons (Fsp3) is 0.636. The Labute approximate surface area is 102 Å². The van der Waals surface area contributed by atoms with Gasteiger partial charge in [0.1, 0.15) is 0 Å². The highest BCUT2D eigenvalue weighted by atomic mass is 16.1. The van der Waals surface area contributed by atoms with E-state index in [2.05, 4.69) is 10.3 Å². The lowest BCUT2D eigenvalue weighted by molar-refractivity contribution is -0.123. The molecule has 6 heteroatoms. The SMILES string of the molecule is CN(C)c1ncc(CNC(C)(C)C(N)=O)n1C. The predicted octanol–water partition coefficient (Wildman–Crippen LogP) is -0.160. The number of hydrogen-bond acceptors (Lipinski definition) is 4. The zero-order chi connectivity index (χ0) is 13.2. The Balaban J connectivity index is 2.74. The van der Waals surface area contributed by atoms with Crippen LogP contribution in [-0.4, -0.2) is 35.1 Å². The van der Waals surface area contributed by atoms with E-state index in [9.17, 15) is 4.79 Å². The molecule has 1 aromatic heterocycles. The van der Waals surface area contributed by atoms with E-state index in [1.807, 2.05) is 30.6 Å². The maximum absolute atomic E-state index is 11.2. The van der Waals surface area contributed by atoms with Gasteiger partial charge in [0.05, 0.1) is 17.4 Å². The topological polar surface area (TPSA) is 76.2 Å². The maximum Gasteiger partial charge on any atom is 0.237 e. The van der Waals surface area contributed by atoms with Crippen molar-refractivity contribution >= 4 is 11.9 Å². The number of nitrogens with two attached hydrogens (primary N) is 1. The van der Waals surface area contributed by atoms with E-state index in [0.29, 0.717) is 6.54 Å². The number of carbonyl (C=O) groups excluding carboxylic acids is 1. The van der Waals surface area contributed by atoms with Crippen molar-refractivity contribution in [3.63, 3.8) is 0 Å². The second-order valence-electron chi connectivity index (χ2n) is 4.85. The zero-order valence-corrected chi connectivity index (χ0v) is 11.1. The molecular formula is C11H21N5O. The van der Waals surface area contributed by atoms with Crippen molar-refractivity contribution < 1.29 is 4.79 Å². The number of imidazole rings is 1. The quantitative estimate of drug-likeness (QED) is 0.748. The summed E-state index contributed by atoms with van der Waals surface area (Å²) < 4.78 is 1.98. The average Bonchev–Trinajstić information content (AvgIpc) is 2.56. The van der Waals surface area contributed by atoms with Crippen LogP contribution in [0.4, 0.5) is 5.95 Å². The highest BCUT2D eigenvalue weighted by Gasteiger charge is 2.24. The van der Waals surface area contributed by atoms with E-state index in [0.717, 1.165) is 11.6 Å². The molecule has 1 amide bonds. The summed E-state index contributed by atoms with van der Waals surface area (Å²) in [4.78, 5) is 17.4. The molecule has 0 aliphatic carbocycles. The van der Waals surface area contributed by atoms with Gasteiger partial charge in [0, 0.05) is 27.7 Å². The summed E-state index contributed by atoms with van der Waals surface area (Å²) in [5.41, 5.74) is 5.58. The summed E-state index contributed by atoms with van der Waals surface area (Å²) >= 11 is 0. The van der Waals surface area contributed by atoms with Gasteiger partial charge in [-0.05, 0) is 13.8 Å². The summed E-state index contributed by atoms with van der Waals surface area (Å²) in [5, 5.41) is 3.11. The van der Waals surface area contributed by atoms with Gasteiger partial charge in [-0.2, -0.15) is 0 Å². The van der Waals surface area contributed by atoms with Gasteiger partial charge in [0.2, 0.25) is 11.9 Å². The van der Waals surface area contributed by atoms with E-state index in [4.69, 9.17) is 5.73 Å². The first kappa shape index (κ1) is 13.5. The molecule has 17 heavy (non-hydrogen) atoms. The van der Waals surface area contributed by atoms with Crippen molar-refractivity contribution in [1.29, 1.82) is 0 Å². The fourth-order valence-corrected chi connectivity index (χ4v) is 1.41. The molecule has 0 unspecified atom stereocenters. The van der Waals surface area contributed by atoms with Crippen LogP contribution in [0, 0.1) is 0 Å². The van der Waals surface area contributed by atoms with Gasteiger partial charge < -0.3 is 15.2 Å². The molecule has 0 aromatic carbocycles. The smallest absolute Gasteiger partial charge is 0.237 e. The third kappa shape index (κ3) is 2.97. The number of anilines is 1. The molecule has 0 fully saturated rings. The van der Waals surface area contributed by atoms with Crippen LogP contribution in [0.25, 0.3) is 0 Å². The van der Waals surface area contributed by atoms with Crippen molar-refractivity contribution in [3.8, 4) is 0 Å². The minimum atomic E-state index is -0.720. The molecular weight excluding hydrogens is 218 g/mol. The molecule has 0 saturated heterocycles. The molecule has 1 heterocycles. The van der Waals surface area contributed by atoms with Crippen LogP contribution in [0.5, 0.6) is 0 Å². The minimum Gasteiger partial charge on any atom is -0.368 e. The lowest BCUT2D eigenvalue weighted by Gasteiger charge is -2.22. The third-order valence-corrected chi connectivity index (χ3v) is 2.79. The molecule has 0 bridgehead atoms. The second kappa shape index (κ2) is 4.75. The Kier molecular flexibility index (Phi) is 3.77. The van der Waals surface area contributed by atoms with E-state index in [1.165, 1.54) is 0 Å². The molecule has 1 rings (SSSR count). The fourth-order valence-electron chi connectivity index (χ4n) is 1.41. The maximum atomic E-state index is 11.2. The van der Waals surface area contributed by atoms with Crippen molar-refractivity contribution in [2.75, 3.05) is 19.0 Å². The predicted molar refractivity (Wildman–Crippen MR) is 67.6 cm³/mol. The summed E-state index contributed by atoms with van der Waals surface area (Å²) in [6.07, 6.45) is 1.79. The van der Waals surface area contributed by atoms with E-state index >= 15 is 0 Å². The highest BCUT2D eigenvalue weighted by molar-refractivity contribution is 5.83. The second-order valence-corrected chi connectivity index (χ2v) is 4.85. The first-order valence-corrected chi connectivity index (χ1v) is 5.48. The zero-order valence-electron chi connectivity index (χ0n) is 11.1. The van der Waals surface area contributed by atoms with Crippen LogP contribution in [-0.2, 0) is 18.4 Å². The number of rotatable bonds is 5. The Morgan fingerprint density at radius 3 is 2.59 bits per heavy atom. The lowest BCUT2D eigenvalue weighted by Crippen LogP contribution is -2.50. The van der Waals surface area contributed by atoms with Gasteiger partial charge in [0.15, 0.2) is 0 Å². The van der Waals surface area contributed by atoms with Crippen molar-refractivity contribution in [1.82, 2.24) is 14.9 Å². The van der Waals surface area contributed by atoms with Gasteiger partial charge >= 0.3 is 0 Å². The van der Waals surface area contributed by atoms with Gasteiger partial charge in [-0.3, -0.25) is 10.1 Å². The Morgan fingerprint density at radius 2 is 2.18 bits per heavy atom. The first-order valence-electron chi connectivity index (χ1n) is 5.48. The number of amides is 1. The Bertz CT molecular complexity index is 408. The Morgan fingerprint density at radius 1 is 1.59 bits per heavy atom. The monoisotopic (exact) mass is 239 g/mol. The van der Waals surface area contributed by atoms with Crippen molar-refractivity contribution in [3.05, 3.63) is 11.9 Å². The molecule has 0 atom stereocenters. The van der Waals surface area contributed by atoms with Crippen LogP contribution in [0.15, 0.2) is 6.20 Å². The van der Waals surface area contributed by atoms with Crippen LogP contribution < -0.4 is 16.0 Å². The summed E-state index contributed by atoms with van der Waals surface area (Å²) in [6, 6.07) is 0. The molecule has 0 radical (unpaired) electrons. The standard InChI is InChI=1S/C11H21N5O/c1-11(2,9(12)17)14-7-8-6-13-10(15(3)4)16(8)5/h6,14H,7H2,1-5H3,(H2,12,17). The van der Waals surface area contributed by atoms with E-state index < -0.39 is 5.54 Å². The molecule has 0 aliphatic rings. The van der Waals surface area contributed by atoms with Crippen LogP contribution in [0.1, 0.15) is 19.5 Å². The molecule has 3 N–H and O–H groups in total. The largest absolute Gasteiger partial charge is 0.368 e.